The number of oxime groups is 1. The Hall–Kier alpha value is -0.530. The number of hydrogen-bond donors (Lipinski definition) is 1. The molecule has 3 atom stereocenters. The predicted octanol–water partition coefficient (Wildman–Crippen LogP) is 3.69. The lowest BCUT2D eigenvalue weighted by Gasteiger charge is -2.34. The highest BCUT2D eigenvalue weighted by Crippen LogP contribution is 2.67. The summed E-state index contributed by atoms with van der Waals surface area (Å²) in [6.45, 7) is 9.30. The van der Waals surface area contributed by atoms with Crippen molar-refractivity contribution >= 4 is 5.71 Å². The van der Waals surface area contributed by atoms with E-state index in [-0.39, 0.29) is 0 Å². The van der Waals surface area contributed by atoms with Crippen LogP contribution >= 0.6 is 0 Å². The second-order valence-electron chi connectivity index (χ2n) is 6.18. The topological polar surface area (TPSA) is 32.6 Å². The van der Waals surface area contributed by atoms with E-state index in [1.54, 1.807) is 0 Å². The van der Waals surface area contributed by atoms with Crippen LogP contribution in [-0.2, 0) is 0 Å². The fourth-order valence-corrected chi connectivity index (χ4v) is 4.06. The minimum absolute atomic E-state index is 0.419. The highest BCUT2D eigenvalue weighted by molar-refractivity contribution is 5.87. The smallest absolute Gasteiger partial charge is 0.0602 e. The summed E-state index contributed by atoms with van der Waals surface area (Å²) in [6.07, 6.45) is 4.78. The first-order chi connectivity index (χ1) is 6.96. The molecule has 0 aromatic heterocycles. The van der Waals surface area contributed by atoms with Crippen molar-refractivity contribution in [1.29, 1.82) is 0 Å². The van der Waals surface area contributed by atoms with E-state index in [1.165, 1.54) is 19.3 Å². The largest absolute Gasteiger partial charge is 0.411 e. The highest BCUT2D eigenvalue weighted by Gasteiger charge is 2.61. The van der Waals surface area contributed by atoms with Gasteiger partial charge in [-0.15, -0.1) is 0 Å². The number of nitrogens with zero attached hydrogens (tertiary/aromatic N) is 1. The van der Waals surface area contributed by atoms with Gasteiger partial charge in [0.25, 0.3) is 0 Å². The number of fused-ring (bicyclic) bond motifs is 2. The molecule has 2 bridgehead atoms. The van der Waals surface area contributed by atoms with Crippen molar-refractivity contribution < 1.29 is 5.21 Å². The third-order valence-corrected chi connectivity index (χ3v) is 5.56. The molecule has 0 saturated heterocycles. The Bertz CT molecular complexity index is 292. The van der Waals surface area contributed by atoms with Crippen molar-refractivity contribution in [2.75, 3.05) is 0 Å². The van der Waals surface area contributed by atoms with E-state index in [9.17, 15) is 0 Å². The van der Waals surface area contributed by atoms with E-state index >= 15 is 0 Å². The fourth-order valence-electron chi connectivity index (χ4n) is 4.06. The summed E-state index contributed by atoms with van der Waals surface area (Å²) in [5, 5.41) is 12.6. The molecular formula is C13H23NO. The molecule has 15 heavy (non-hydrogen) atoms. The van der Waals surface area contributed by atoms with E-state index in [1.807, 2.05) is 0 Å². The normalized spacial score (nSPS) is 43.6. The average molecular weight is 209 g/mol. The monoisotopic (exact) mass is 209 g/mol. The van der Waals surface area contributed by atoms with Crippen molar-refractivity contribution in [2.45, 2.75) is 53.4 Å². The summed E-state index contributed by atoms with van der Waals surface area (Å²) in [5.41, 5.74) is 1.91. The maximum absolute atomic E-state index is 9.06. The first-order valence-electron chi connectivity index (χ1n) is 6.17. The number of rotatable bonds is 2. The standard InChI is InChI=1S/C13H23NO/c1-5-11(14-15)9-8-13(4)7-6-10(9)12(13,2)3/h9-10,15H,5-8H2,1-4H3/t9-,10-,13-/m1/s1. The number of hydrogen-bond acceptors (Lipinski definition) is 2. The molecule has 0 spiro atoms. The van der Waals surface area contributed by atoms with Gasteiger partial charge >= 0.3 is 0 Å². The molecule has 0 aliphatic heterocycles. The van der Waals surface area contributed by atoms with E-state index in [0.717, 1.165) is 18.1 Å². The molecule has 0 amide bonds. The fraction of sp³-hybridized carbons (Fsp3) is 0.923. The summed E-state index contributed by atoms with van der Waals surface area (Å²) in [7, 11) is 0. The molecule has 2 saturated carbocycles. The van der Waals surface area contributed by atoms with Gasteiger partial charge in [-0.05, 0) is 42.4 Å². The SMILES string of the molecule is CCC(=NO)[C@@H]1C[C@@]2(C)CC[C@H]1C2(C)C. The first-order valence-corrected chi connectivity index (χ1v) is 6.17. The zero-order valence-corrected chi connectivity index (χ0v) is 10.4. The van der Waals surface area contributed by atoms with Crippen LogP contribution < -0.4 is 0 Å². The molecule has 86 valence electrons. The van der Waals surface area contributed by atoms with Crippen LogP contribution in [0.2, 0.25) is 0 Å². The Morgan fingerprint density at radius 2 is 2.07 bits per heavy atom. The molecule has 0 aromatic rings. The van der Waals surface area contributed by atoms with Crippen molar-refractivity contribution in [1.82, 2.24) is 0 Å². The third-order valence-electron chi connectivity index (χ3n) is 5.56. The minimum atomic E-state index is 0.419. The van der Waals surface area contributed by atoms with Crippen LogP contribution in [0, 0.1) is 22.7 Å². The molecule has 0 unspecified atom stereocenters. The van der Waals surface area contributed by atoms with Gasteiger partial charge in [-0.3, -0.25) is 0 Å². The van der Waals surface area contributed by atoms with Crippen molar-refractivity contribution in [3.63, 3.8) is 0 Å². The van der Waals surface area contributed by atoms with Crippen LogP contribution in [0.5, 0.6) is 0 Å². The second-order valence-corrected chi connectivity index (χ2v) is 6.18. The summed E-state index contributed by atoms with van der Waals surface area (Å²) < 4.78 is 0. The quantitative estimate of drug-likeness (QED) is 0.420. The molecular weight excluding hydrogens is 186 g/mol. The Kier molecular flexibility index (Phi) is 2.36. The van der Waals surface area contributed by atoms with Crippen molar-refractivity contribution in [2.24, 2.45) is 27.8 Å². The maximum atomic E-state index is 9.06. The Morgan fingerprint density at radius 3 is 2.40 bits per heavy atom. The van der Waals surface area contributed by atoms with Gasteiger partial charge in [0.05, 0.1) is 5.71 Å². The highest BCUT2D eigenvalue weighted by atomic mass is 16.4. The van der Waals surface area contributed by atoms with Gasteiger partial charge in [-0.25, -0.2) is 0 Å². The van der Waals surface area contributed by atoms with E-state index in [4.69, 9.17) is 5.21 Å². The Morgan fingerprint density at radius 1 is 1.40 bits per heavy atom. The average Bonchev–Trinajstić information content (AvgIpc) is 2.50. The summed E-state index contributed by atoms with van der Waals surface area (Å²) in [5.74, 6) is 1.27. The molecule has 2 aliphatic carbocycles. The summed E-state index contributed by atoms with van der Waals surface area (Å²) in [6, 6.07) is 0. The van der Waals surface area contributed by atoms with Crippen LogP contribution in [0.25, 0.3) is 0 Å². The van der Waals surface area contributed by atoms with Gasteiger partial charge in [-0.1, -0.05) is 32.9 Å². The molecule has 0 aromatic carbocycles. The van der Waals surface area contributed by atoms with Crippen molar-refractivity contribution in [3.8, 4) is 0 Å². The molecule has 1 N–H and O–H groups in total. The lowest BCUT2D eigenvalue weighted by Crippen LogP contribution is -2.27. The van der Waals surface area contributed by atoms with Gasteiger partial charge in [-0.2, -0.15) is 0 Å². The first kappa shape index (κ1) is 11.0. The Balaban J connectivity index is 2.29. The van der Waals surface area contributed by atoms with Crippen LogP contribution in [0.15, 0.2) is 5.16 Å². The van der Waals surface area contributed by atoms with Crippen molar-refractivity contribution in [3.05, 3.63) is 0 Å². The van der Waals surface area contributed by atoms with Crippen LogP contribution in [0.4, 0.5) is 0 Å². The molecule has 2 aliphatic rings. The lowest BCUT2D eigenvalue weighted by atomic mass is 9.71. The van der Waals surface area contributed by atoms with Crippen LogP contribution in [0.1, 0.15) is 53.4 Å². The zero-order chi connectivity index (χ0) is 11.3. The lowest BCUT2D eigenvalue weighted by molar-refractivity contribution is 0.152. The van der Waals surface area contributed by atoms with Crippen LogP contribution in [0.3, 0.4) is 0 Å². The van der Waals surface area contributed by atoms with Gasteiger partial charge in [0.2, 0.25) is 0 Å². The van der Waals surface area contributed by atoms with Crippen LogP contribution in [-0.4, -0.2) is 10.9 Å². The predicted molar refractivity (Wildman–Crippen MR) is 62.2 cm³/mol. The van der Waals surface area contributed by atoms with Gasteiger partial charge in [0, 0.05) is 5.92 Å². The molecule has 2 fully saturated rings. The molecule has 0 radical (unpaired) electrons. The van der Waals surface area contributed by atoms with E-state index < -0.39 is 0 Å². The van der Waals surface area contributed by atoms with Gasteiger partial charge < -0.3 is 5.21 Å². The zero-order valence-electron chi connectivity index (χ0n) is 10.4. The van der Waals surface area contributed by atoms with Gasteiger partial charge in [0.1, 0.15) is 0 Å². The molecule has 0 heterocycles. The third kappa shape index (κ3) is 1.26. The molecule has 2 heteroatoms. The molecule has 2 nitrogen and oxygen atoms in total. The van der Waals surface area contributed by atoms with E-state index in [2.05, 4.69) is 32.9 Å². The Labute approximate surface area is 92.8 Å². The van der Waals surface area contributed by atoms with Gasteiger partial charge in [0.15, 0.2) is 0 Å². The maximum Gasteiger partial charge on any atom is 0.0602 e. The minimum Gasteiger partial charge on any atom is -0.411 e. The molecule has 2 rings (SSSR count). The summed E-state index contributed by atoms with van der Waals surface area (Å²) >= 11 is 0. The summed E-state index contributed by atoms with van der Waals surface area (Å²) in [4.78, 5) is 0. The van der Waals surface area contributed by atoms with E-state index in [0.29, 0.717) is 16.7 Å². The second kappa shape index (κ2) is 3.23.